The first-order chi connectivity index (χ1) is 13.8. The number of benzene rings is 2. The highest BCUT2D eigenvalue weighted by Crippen LogP contribution is 2.26. The van der Waals surface area contributed by atoms with Gasteiger partial charge < -0.3 is 10.1 Å². The molecule has 1 atom stereocenters. The van der Waals surface area contributed by atoms with Crippen LogP contribution >= 0.6 is 0 Å². The van der Waals surface area contributed by atoms with Gasteiger partial charge in [0.15, 0.2) is 6.61 Å². The summed E-state index contributed by atoms with van der Waals surface area (Å²) < 4.78 is 31.3. The molecule has 0 saturated heterocycles. The minimum atomic E-state index is -3.59. The van der Waals surface area contributed by atoms with Crippen molar-refractivity contribution in [2.75, 3.05) is 18.5 Å². The molecule has 2 N–H and O–H groups in total. The Kier molecular flexibility index (Phi) is 7.92. The zero-order valence-corrected chi connectivity index (χ0v) is 17.6. The van der Waals surface area contributed by atoms with Crippen molar-refractivity contribution in [3.63, 3.8) is 0 Å². The van der Waals surface area contributed by atoms with Crippen LogP contribution < -0.4 is 10.0 Å². The molecule has 7 nitrogen and oxygen atoms in total. The first kappa shape index (κ1) is 22.6. The fourth-order valence-corrected chi connectivity index (χ4v) is 3.75. The van der Waals surface area contributed by atoms with Crippen LogP contribution in [-0.4, -0.2) is 33.4 Å². The van der Waals surface area contributed by atoms with Gasteiger partial charge in [-0.3, -0.25) is 4.79 Å². The number of nitrogens with one attached hydrogen (secondary N) is 2. The molecule has 0 fully saturated rings. The van der Waals surface area contributed by atoms with Crippen molar-refractivity contribution >= 4 is 27.6 Å². The van der Waals surface area contributed by atoms with Gasteiger partial charge in [0.25, 0.3) is 5.91 Å². The number of rotatable bonds is 9. The Morgan fingerprint density at radius 3 is 2.31 bits per heavy atom. The average molecular weight is 419 g/mol. The van der Waals surface area contributed by atoms with Gasteiger partial charge in [0.2, 0.25) is 10.0 Å². The number of para-hydroxylation sites is 1. The van der Waals surface area contributed by atoms with Gasteiger partial charge in [0.1, 0.15) is 0 Å². The zero-order valence-electron chi connectivity index (χ0n) is 16.8. The molecule has 0 saturated carbocycles. The van der Waals surface area contributed by atoms with E-state index in [-0.39, 0.29) is 22.9 Å². The van der Waals surface area contributed by atoms with Crippen LogP contribution in [0.4, 0.5) is 5.69 Å². The van der Waals surface area contributed by atoms with E-state index < -0.39 is 28.5 Å². The lowest BCUT2D eigenvalue weighted by Gasteiger charge is -2.15. The molecule has 0 bridgehead atoms. The number of anilines is 1. The van der Waals surface area contributed by atoms with Crippen LogP contribution in [0.3, 0.4) is 0 Å². The number of esters is 1. The molecule has 0 aliphatic rings. The molecule has 2 aromatic rings. The third kappa shape index (κ3) is 6.13. The van der Waals surface area contributed by atoms with Gasteiger partial charge in [-0.25, -0.2) is 17.9 Å². The Labute approximate surface area is 171 Å². The summed E-state index contributed by atoms with van der Waals surface area (Å²) in [5, 5.41) is 2.77. The fraction of sp³-hybridized carbons (Fsp3) is 0.333. The van der Waals surface area contributed by atoms with Crippen molar-refractivity contribution in [3.8, 4) is 0 Å². The molecule has 8 heteroatoms. The molecule has 0 spiro atoms. The summed E-state index contributed by atoms with van der Waals surface area (Å²) in [6.07, 6.45) is 0.932. The molecular weight excluding hydrogens is 392 g/mol. The lowest BCUT2D eigenvalue weighted by atomic mass is 9.97. The third-order valence-electron chi connectivity index (χ3n) is 4.45. The van der Waals surface area contributed by atoms with Crippen LogP contribution in [-0.2, 0) is 19.6 Å². The van der Waals surface area contributed by atoms with E-state index in [1.54, 1.807) is 6.92 Å². The Hall–Kier alpha value is -2.71. The van der Waals surface area contributed by atoms with Crippen LogP contribution in [0.15, 0.2) is 53.4 Å². The van der Waals surface area contributed by atoms with Gasteiger partial charge >= 0.3 is 5.97 Å². The zero-order chi connectivity index (χ0) is 21.4. The van der Waals surface area contributed by atoms with E-state index in [1.165, 1.54) is 24.3 Å². The molecule has 0 radical (unpaired) electrons. The van der Waals surface area contributed by atoms with Gasteiger partial charge in [0, 0.05) is 12.2 Å². The standard InChI is InChI=1S/C21H26N2O5S/c1-4-15(3)18-8-6-7-9-19(18)23-20(24)14-28-21(25)16-10-12-17(13-11-16)29(26,27)22-5-2/h6-13,15,22H,4-5,14H2,1-3H3,(H,23,24)/t15-/m1/s1. The first-order valence-corrected chi connectivity index (χ1v) is 10.9. The van der Waals surface area contributed by atoms with Gasteiger partial charge in [-0.2, -0.15) is 0 Å². The molecule has 2 rings (SSSR count). The van der Waals surface area contributed by atoms with Crippen molar-refractivity contribution in [2.24, 2.45) is 0 Å². The van der Waals surface area contributed by atoms with E-state index in [0.717, 1.165) is 12.0 Å². The number of ether oxygens (including phenoxy) is 1. The number of hydrogen-bond donors (Lipinski definition) is 2. The smallest absolute Gasteiger partial charge is 0.338 e. The van der Waals surface area contributed by atoms with Gasteiger partial charge in [-0.05, 0) is 48.2 Å². The van der Waals surface area contributed by atoms with Crippen LogP contribution in [0, 0.1) is 0 Å². The van der Waals surface area contributed by atoms with E-state index in [0.29, 0.717) is 5.69 Å². The first-order valence-electron chi connectivity index (χ1n) is 9.44. The predicted molar refractivity (Wildman–Crippen MR) is 111 cm³/mol. The SMILES string of the molecule is CCNS(=O)(=O)c1ccc(C(=O)OCC(=O)Nc2ccccc2[C@H](C)CC)cc1. The highest BCUT2D eigenvalue weighted by molar-refractivity contribution is 7.89. The van der Waals surface area contributed by atoms with Crippen LogP contribution in [0.2, 0.25) is 0 Å². The van der Waals surface area contributed by atoms with Gasteiger partial charge in [-0.15, -0.1) is 0 Å². The highest BCUT2D eigenvalue weighted by atomic mass is 32.2. The molecule has 156 valence electrons. The number of carbonyl (C=O) groups excluding carboxylic acids is 2. The van der Waals surface area contributed by atoms with Crippen molar-refractivity contribution in [1.29, 1.82) is 0 Å². The monoisotopic (exact) mass is 418 g/mol. The molecular formula is C21H26N2O5S. The van der Waals surface area contributed by atoms with E-state index in [1.807, 2.05) is 24.3 Å². The van der Waals surface area contributed by atoms with Crippen molar-refractivity contribution in [1.82, 2.24) is 4.72 Å². The lowest BCUT2D eigenvalue weighted by Crippen LogP contribution is -2.23. The summed E-state index contributed by atoms with van der Waals surface area (Å²) >= 11 is 0. The second-order valence-corrected chi connectivity index (χ2v) is 8.31. The molecule has 0 unspecified atom stereocenters. The van der Waals surface area contributed by atoms with Crippen LogP contribution in [0.5, 0.6) is 0 Å². The second kappa shape index (κ2) is 10.2. The summed E-state index contributed by atoms with van der Waals surface area (Å²) in [6.45, 7) is 5.65. The lowest BCUT2D eigenvalue weighted by molar-refractivity contribution is -0.119. The molecule has 2 aromatic carbocycles. The number of carbonyl (C=O) groups is 2. The maximum atomic E-state index is 12.2. The molecule has 1 amide bonds. The summed E-state index contributed by atoms with van der Waals surface area (Å²) in [7, 11) is -3.59. The molecule has 29 heavy (non-hydrogen) atoms. The van der Waals surface area contributed by atoms with E-state index in [4.69, 9.17) is 4.74 Å². The maximum absolute atomic E-state index is 12.2. The van der Waals surface area contributed by atoms with Gasteiger partial charge in [0.05, 0.1) is 10.5 Å². The highest BCUT2D eigenvalue weighted by Gasteiger charge is 2.16. The topological polar surface area (TPSA) is 102 Å². The Balaban J connectivity index is 1.97. The second-order valence-electron chi connectivity index (χ2n) is 6.55. The Morgan fingerprint density at radius 2 is 1.69 bits per heavy atom. The Bertz CT molecular complexity index is 955. The van der Waals surface area contributed by atoms with Crippen LogP contribution in [0.1, 0.15) is 49.0 Å². The van der Waals surface area contributed by atoms with Crippen molar-refractivity contribution in [2.45, 2.75) is 38.0 Å². The van der Waals surface area contributed by atoms with E-state index in [2.05, 4.69) is 23.9 Å². The minimum absolute atomic E-state index is 0.0512. The molecule has 0 aromatic heterocycles. The Morgan fingerprint density at radius 1 is 1.03 bits per heavy atom. The summed E-state index contributed by atoms with van der Waals surface area (Å²) in [6, 6.07) is 12.8. The van der Waals surface area contributed by atoms with E-state index >= 15 is 0 Å². The van der Waals surface area contributed by atoms with Crippen molar-refractivity contribution in [3.05, 3.63) is 59.7 Å². The normalized spacial score (nSPS) is 12.2. The molecule has 0 aliphatic carbocycles. The quantitative estimate of drug-likeness (QED) is 0.609. The summed E-state index contributed by atoms with van der Waals surface area (Å²) in [4.78, 5) is 24.4. The van der Waals surface area contributed by atoms with Crippen LogP contribution in [0.25, 0.3) is 0 Å². The number of sulfonamides is 1. The van der Waals surface area contributed by atoms with Gasteiger partial charge in [-0.1, -0.05) is 39.0 Å². The molecule has 0 heterocycles. The number of amides is 1. The summed E-state index contributed by atoms with van der Waals surface area (Å²) in [5.41, 5.74) is 1.88. The minimum Gasteiger partial charge on any atom is -0.452 e. The third-order valence-corrected chi connectivity index (χ3v) is 6.01. The van der Waals surface area contributed by atoms with Crippen molar-refractivity contribution < 1.29 is 22.7 Å². The fourth-order valence-electron chi connectivity index (χ4n) is 2.70. The number of hydrogen-bond acceptors (Lipinski definition) is 5. The van der Waals surface area contributed by atoms with E-state index in [9.17, 15) is 18.0 Å². The largest absolute Gasteiger partial charge is 0.452 e. The summed E-state index contributed by atoms with van der Waals surface area (Å²) in [5.74, 6) is -0.866. The average Bonchev–Trinajstić information content (AvgIpc) is 2.72. The predicted octanol–water partition coefficient (Wildman–Crippen LogP) is 3.29. The maximum Gasteiger partial charge on any atom is 0.338 e. The molecule has 0 aliphatic heterocycles.